The first-order chi connectivity index (χ1) is 22.8. The topological polar surface area (TPSA) is 34.2 Å². The van der Waals surface area contributed by atoms with Crippen LogP contribution in [-0.4, -0.2) is 30.1 Å². The molecule has 0 saturated heterocycles. The number of nitrogens with zero attached hydrogens (tertiary/aromatic N) is 2. The number of anilines is 6. The number of benzene rings is 5. The van der Waals surface area contributed by atoms with E-state index in [2.05, 4.69) is 157 Å². The fourth-order valence-corrected chi connectivity index (χ4v) is 9.30. The summed E-state index contributed by atoms with van der Waals surface area (Å²) in [4.78, 5) is 4.80. The quantitative estimate of drug-likeness (QED) is 0.140. The molecular weight excluding hydrogens is 609 g/mol. The van der Waals surface area contributed by atoms with Crippen LogP contribution in [0.15, 0.2) is 84.9 Å². The Morgan fingerprint density at radius 1 is 0.375 bits per heavy atom. The average Bonchev–Trinajstić information content (AvgIpc) is 3.03. The lowest BCUT2D eigenvalue weighted by molar-refractivity contribution is 0.140. The van der Waals surface area contributed by atoms with Crippen molar-refractivity contribution in [1.82, 2.24) is 0 Å². The largest absolute Gasteiger partial charge is 0.536 e. The molecule has 0 heterocycles. The van der Waals surface area contributed by atoms with E-state index < -0.39 is 8.80 Å². The lowest BCUT2D eigenvalue weighted by Gasteiger charge is -2.33. The summed E-state index contributed by atoms with van der Waals surface area (Å²) in [6, 6.07) is 31.0. The number of rotatable bonds is 10. The van der Waals surface area contributed by atoms with Gasteiger partial charge in [-0.3, -0.25) is 0 Å². The summed E-state index contributed by atoms with van der Waals surface area (Å²) in [5, 5.41) is 0.912. The van der Waals surface area contributed by atoms with Crippen molar-refractivity contribution in [1.29, 1.82) is 0 Å². The van der Waals surface area contributed by atoms with Gasteiger partial charge in [-0.2, -0.15) is 0 Å². The molecular formula is C42H50N2O3Si. The molecule has 5 rings (SSSR count). The van der Waals surface area contributed by atoms with Crippen LogP contribution in [-0.2, 0) is 13.3 Å². The van der Waals surface area contributed by atoms with E-state index in [1.807, 2.05) is 0 Å². The van der Waals surface area contributed by atoms with Crippen LogP contribution >= 0.6 is 0 Å². The minimum atomic E-state index is -2.97. The SMILES string of the molecule is CO[Si](OC)(OC)c1ccc(N(c2ccc(N(c3c(C)cc(C)cc3C)c3c(C)cc(C)cc3C)cc2)c2c(C)cc(C)cc2C)cc1. The molecule has 0 atom stereocenters. The van der Waals surface area contributed by atoms with E-state index in [9.17, 15) is 0 Å². The van der Waals surface area contributed by atoms with Gasteiger partial charge in [0, 0.05) is 43.6 Å². The Kier molecular flexibility index (Phi) is 10.3. The molecule has 6 heteroatoms. The molecule has 0 amide bonds. The van der Waals surface area contributed by atoms with Crippen molar-refractivity contribution in [2.75, 3.05) is 31.1 Å². The molecule has 0 aliphatic carbocycles. The highest BCUT2D eigenvalue weighted by atomic mass is 28.4. The van der Waals surface area contributed by atoms with Crippen molar-refractivity contribution in [3.8, 4) is 0 Å². The molecule has 5 aromatic carbocycles. The Balaban J connectivity index is 1.70. The van der Waals surface area contributed by atoms with Crippen molar-refractivity contribution in [2.45, 2.75) is 62.3 Å². The minimum absolute atomic E-state index is 0.912. The smallest absolute Gasteiger partial charge is 0.373 e. The molecule has 48 heavy (non-hydrogen) atoms. The van der Waals surface area contributed by atoms with Crippen LogP contribution in [0.25, 0.3) is 0 Å². The number of aryl methyl sites for hydroxylation is 9. The van der Waals surface area contributed by atoms with Crippen LogP contribution in [0.5, 0.6) is 0 Å². The number of hydrogen-bond acceptors (Lipinski definition) is 5. The van der Waals surface area contributed by atoms with Crippen LogP contribution in [0.4, 0.5) is 34.1 Å². The zero-order chi connectivity index (χ0) is 34.9. The predicted molar refractivity (Wildman–Crippen MR) is 205 cm³/mol. The van der Waals surface area contributed by atoms with Crippen LogP contribution in [0.2, 0.25) is 0 Å². The van der Waals surface area contributed by atoms with Gasteiger partial charge >= 0.3 is 8.80 Å². The molecule has 0 aliphatic rings. The van der Waals surface area contributed by atoms with Crippen molar-refractivity contribution >= 4 is 48.1 Å². The maximum absolute atomic E-state index is 5.77. The molecule has 0 aromatic heterocycles. The van der Waals surface area contributed by atoms with Crippen LogP contribution < -0.4 is 15.0 Å². The van der Waals surface area contributed by atoms with E-state index in [1.54, 1.807) is 21.3 Å². The van der Waals surface area contributed by atoms with Crippen LogP contribution in [0.1, 0.15) is 50.1 Å². The van der Waals surface area contributed by atoms with Gasteiger partial charge in [0.15, 0.2) is 0 Å². The zero-order valence-electron chi connectivity index (χ0n) is 30.7. The maximum Gasteiger partial charge on any atom is 0.536 e. The van der Waals surface area contributed by atoms with Crippen molar-refractivity contribution in [2.24, 2.45) is 0 Å². The van der Waals surface area contributed by atoms with Gasteiger partial charge in [-0.05, 0) is 132 Å². The molecule has 5 nitrogen and oxygen atoms in total. The Hall–Kier alpha value is -4.20. The highest BCUT2D eigenvalue weighted by Crippen LogP contribution is 2.45. The fraction of sp³-hybridized carbons (Fsp3) is 0.286. The molecule has 0 fully saturated rings. The second-order valence-corrected chi connectivity index (χ2v) is 16.1. The predicted octanol–water partition coefficient (Wildman–Crippen LogP) is 10.5. The third kappa shape index (κ3) is 6.58. The first-order valence-corrected chi connectivity index (χ1v) is 18.3. The highest BCUT2D eigenvalue weighted by molar-refractivity contribution is 6.75. The molecule has 0 spiro atoms. The Bertz CT molecular complexity index is 1790. The van der Waals surface area contributed by atoms with E-state index in [-0.39, 0.29) is 0 Å². The molecule has 0 bridgehead atoms. The van der Waals surface area contributed by atoms with Crippen molar-refractivity contribution < 1.29 is 13.3 Å². The van der Waals surface area contributed by atoms with E-state index in [0.29, 0.717) is 0 Å². The molecule has 0 aliphatic heterocycles. The fourth-order valence-electron chi connectivity index (χ4n) is 7.52. The Morgan fingerprint density at radius 3 is 0.917 bits per heavy atom. The van der Waals surface area contributed by atoms with Gasteiger partial charge in [0.05, 0.1) is 17.1 Å². The lowest BCUT2D eigenvalue weighted by atomic mass is 9.98. The third-order valence-electron chi connectivity index (χ3n) is 9.23. The zero-order valence-corrected chi connectivity index (χ0v) is 31.7. The average molecular weight is 659 g/mol. The highest BCUT2D eigenvalue weighted by Gasteiger charge is 2.40. The second kappa shape index (κ2) is 14.1. The standard InChI is InChI=1S/C42H50N2O3Si/c1-27-21-30(4)40(31(5)22-27)43(37-17-19-39(20-18-37)48(45-10,46-11)47-12)36-13-15-38(16-14-36)44(41-32(6)23-28(2)24-33(41)7)42-34(8)25-29(3)26-35(42)9/h13-26H,1-12H3. The molecule has 0 saturated carbocycles. The summed E-state index contributed by atoms with van der Waals surface area (Å²) < 4.78 is 17.3. The third-order valence-corrected chi connectivity index (χ3v) is 11.9. The summed E-state index contributed by atoms with van der Waals surface area (Å²) >= 11 is 0. The summed E-state index contributed by atoms with van der Waals surface area (Å²) in [6.45, 7) is 19.8. The van der Waals surface area contributed by atoms with Gasteiger partial charge in [-0.1, -0.05) is 65.2 Å². The Morgan fingerprint density at radius 2 is 0.625 bits per heavy atom. The first kappa shape index (κ1) is 35.1. The van der Waals surface area contributed by atoms with Gasteiger partial charge in [-0.25, -0.2) is 0 Å². The molecule has 250 valence electrons. The summed E-state index contributed by atoms with van der Waals surface area (Å²) in [5.74, 6) is 0. The molecule has 0 unspecified atom stereocenters. The maximum atomic E-state index is 5.77. The van der Waals surface area contributed by atoms with E-state index >= 15 is 0 Å². The molecule has 0 radical (unpaired) electrons. The van der Waals surface area contributed by atoms with Crippen LogP contribution in [0, 0.1) is 62.3 Å². The molecule has 5 aromatic rings. The van der Waals surface area contributed by atoms with Gasteiger partial charge in [0.2, 0.25) is 0 Å². The van der Waals surface area contributed by atoms with E-state index in [0.717, 1.165) is 22.2 Å². The first-order valence-electron chi connectivity index (χ1n) is 16.5. The Labute approximate surface area is 289 Å². The molecule has 0 N–H and O–H groups in total. The normalized spacial score (nSPS) is 11.6. The van der Waals surface area contributed by atoms with Gasteiger partial charge in [0.25, 0.3) is 0 Å². The lowest BCUT2D eigenvalue weighted by Crippen LogP contribution is -2.54. The van der Waals surface area contributed by atoms with Crippen molar-refractivity contribution in [3.63, 3.8) is 0 Å². The van der Waals surface area contributed by atoms with Crippen molar-refractivity contribution in [3.05, 3.63) is 135 Å². The van der Waals surface area contributed by atoms with E-state index in [4.69, 9.17) is 13.3 Å². The van der Waals surface area contributed by atoms with E-state index in [1.165, 1.54) is 67.1 Å². The second-order valence-electron chi connectivity index (χ2n) is 13.1. The summed E-state index contributed by atoms with van der Waals surface area (Å²) in [5.41, 5.74) is 18.1. The van der Waals surface area contributed by atoms with Gasteiger partial charge in [0.1, 0.15) is 0 Å². The monoisotopic (exact) mass is 658 g/mol. The minimum Gasteiger partial charge on any atom is -0.373 e. The number of hydrogen-bond donors (Lipinski definition) is 0. The van der Waals surface area contributed by atoms with Crippen LogP contribution in [0.3, 0.4) is 0 Å². The van der Waals surface area contributed by atoms with Gasteiger partial charge in [-0.15, -0.1) is 0 Å². The van der Waals surface area contributed by atoms with Gasteiger partial charge < -0.3 is 23.1 Å². The summed E-state index contributed by atoms with van der Waals surface area (Å²) in [6.07, 6.45) is 0. The summed E-state index contributed by atoms with van der Waals surface area (Å²) in [7, 11) is 1.95.